The van der Waals surface area contributed by atoms with Crippen molar-refractivity contribution in [3.63, 3.8) is 0 Å². The van der Waals surface area contributed by atoms with Gasteiger partial charge in [-0.3, -0.25) is 10.1 Å². The van der Waals surface area contributed by atoms with E-state index in [1.807, 2.05) is 0 Å². The average molecular weight is 273 g/mol. The van der Waals surface area contributed by atoms with E-state index in [1.54, 1.807) is 6.92 Å². The summed E-state index contributed by atoms with van der Waals surface area (Å²) in [5, 5.41) is 12.7. The second-order valence-corrected chi connectivity index (χ2v) is 6.35. The highest BCUT2D eigenvalue weighted by atomic mass is 32.2. The number of aromatic nitrogens is 1. The van der Waals surface area contributed by atoms with Gasteiger partial charge in [-0.2, -0.15) is 0 Å². The van der Waals surface area contributed by atoms with Crippen molar-refractivity contribution in [2.75, 3.05) is 11.9 Å². The number of anilines is 1. The summed E-state index contributed by atoms with van der Waals surface area (Å²) in [4.78, 5) is 14.0. The van der Waals surface area contributed by atoms with Crippen LogP contribution in [0.25, 0.3) is 0 Å². The van der Waals surface area contributed by atoms with Gasteiger partial charge in [0.25, 0.3) is 0 Å². The minimum atomic E-state index is -3.53. The highest BCUT2D eigenvalue weighted by Gasteiger charge is 2.24. The van der Waals surface area contributed by atoms with Crippen LogP contribution in [-0.4, -0.2) is 30.1 Å². The van der Waals surface area contributed by atoms with Gasteiger partial charge in [-0.15, -0.1) is 0 Å². The number of nitrogens with one attached hydrogen (secondary N) is 1. The van der Waals surface area contributed by atoms with Crippen LogP contribution in [0.15, 0.2) is 17.2 Å². The van der Waals surface area contributed by atoms with Crippen LogP contribution < -0.4 is 5.32 Å². The normalized spacial score (nSPS) is 11.6. The topological polar surface area (TPSA) is 102 Å². The number of pyridine rings is 1. The van der Waals surface area contributed by atoms with Gasteiger partial charge in [-0.05, 0) is 26.8 Å². The Morgan fingerprint density at radius 1 is 1.44 bits per heavy atom. The monoisotopic (exact) mass is 273 g/mol. The number of rotatable bonds is 5. The maximum atomic E-state index is 11.9. The number of nitro groups is 1. The molecule has 1 aromatic heterocycles. The van der Waals surface area contributed by atoms with Crippen molar-refractivity contribution < 1.29 is 13.3 Å². The molecule has 0 saturated carbocycles. The van der Waals surface area contributed by atoms with Crippen molar-refractivity contribution in [2.24, 2.45) is 0 Å². The molecule has 0 bridgehead atoms. The van der Waals surface area contributed by atoms with Crippen LogP contribution in [0.1, 0.15) is 20.8 Å². The number of nitrogens with zero attached hydrogens (tertiary/aromatic N) is 2. The van der Waals surface area contributed by atoms with Crippen LogP contribution in [-0.2, 0) is 9.84 Å². The molecule has 0 atom stereocenters. The van der Waals surface area contributed by atoms with Gasteiger partial charge in [0.05, 0.1) is 10.2 Å². The number of hydrogen-bond donors (Lipinski definition) is 1. The zero-order valence-electron chi connectivity index (χ0n) is 10.4. The summed E-state index contributed by atoms with van der Waals surface area (Å²) in [6, 6.07) is 2.31. The summed E-state index contributed by atoms with van der Waals surface area (Å²) in [5.41, 5.74) is -0.237. The van der Waals surface area contributed by atoms with Gasteiger partial charge in [-0.1, -0.05) is 0 Å². The van der Waals surface area contributed by atoms with Crippen molar-refractivity contribution in [2.45, 2.75) is 31.0 Å². The van der Waals surface area contributed by atoms with Crippen molar-refractivity contribution >= 4 is 21.3 Å². The first-order chi connectivity index (χ1) is 8.30. The van der Waals surface area contributed by atoms with E-state index < -0.39 is 20.0 Å². The largest absolute Gasteiger partial charge is 0.365 e. The van der Waals surface area contributed by atoms with E-state index in [1.165, 1.54) is 13.8 Å². The van der Waals surface area contributed by atoms with Gasteiger partial charge in [0.2, 0.25) is 5.82 Å². The lowest BCUT2D eigenvalue weighted by atomic mass is 10.4. The molecule has 1 rings (SSSR count). The third kappa shape index (κ3) is 2.76. The molecule has 1 heterocycles. The minimum Gasteiger partial charge on any atom is -0.365 e. The Hall–Kier alpha value is -1.70. The number of hydrogen-bond acceptors (Lipinski definition) is 6. The lowest BCUT2D eigenvalue weighted by Gasteiger charge is -2.09. The third-order valence-corrected chi connectivity index (χ3v) is 4.35. The van der Waals surface area contributed by atoms with Crippen molar-refractivity contribution in [3.05, 3.63) is 22.2 Å². The van der Waals surface area contributed by atoms with Crippen LogP contribution in [0.2, 0.25) is 0 Å². The smallest absolute Gasteiger partial charge is 0.311 e. The summed E-state index contributed by atoms with van der Waals surface area (Å²) in [5.74, 6) is -0.0239. The Balaban J connectivity index is 3.36. The Morgan fingerprint density at radius 3 is 2.50 bits per heavy atom. The molecule has 0 amide bonds. The molecule has 0 aliphatic rings. The molecule has 0 unspecified atom stereocenters. The lowest BCUT2D eigenvalue weighted by Crippen LogP contribution is -2.16. The van der Waals surface area contributed by atoms with E-state index >= 15 is 0 Å². The summed E-state index contributed by atoms with van der Waals surface area (Å²) >= 11 is 0. The fourth-order valence-electron chi connectivity index (χ4n) is 1.28. The highest BCUT2D eigenvalue weighted by molar-refractivity contribution is 7.91. The van der Waals surface area contributed by atoms with E-state index in [4.69, 9.17) is 0 Å². The Labute approximate surface area is 105 Å². The van der Waals surface area contributed by atoms with Gasteiger partial charge in [-0.25, -0.2) is 13.4 Å². The van der Waals surface area contributed by atoms with Gasteiger partial charge in [0.1, 0.15) is 0 Å². The second-order valence-electron chi connectivity index (χ2n) is 3.90. The van der Waals surface area contributed by atoms with Gasteiger partial charge < -0.3 is 5.32 Å². The first-order valence-electron chi connectivity index (χ1n) is 5.44. The molecule has 0 saturated heterocycles. The van der Waals surface area contributed by atoms with Crippen LogP contribution >= 0.6 is 0 Å². The first-order valence-corrected chi connectivity index (χ1v) is 6.98. The molecule has 1 N–H and O–H groups in total. The fraction of sp³-hybridized carbons (Fsp3) is 0.500. The quantitative estimate of drug-likeness (QED) is 0.645. The Bertz CT molecular complexity index is 554. The summed E-state index contributed by atoms with van der Waals surface area (Å²) < 4.78 is 23.8. The molecular formula is C10H15N3O4S. The van der Waals surface area contributed by atoms with E-state index in [2.05, 4.69) is 10.3 Å². The summed E-state index contributed by atoms with van der Waals surface area (Å²) in [6.07, 6.45) is 0. The van der Waals surface area contributed by atoms with Crippen molar-refractivity contribution in [3.8, 4) is 0 Å². The summed E-state index contributed by atoms with van der Waals surface area (Å²) in [7, 11) is -3.53. The second kappa shape index (κ2) is 5.30. The molecule has 8 heteroatoms. The molecular weight excluding hydrogens is 258 g/mol. The van der Waals surface area contributed by atoms with Crippen LogP contribution in [0, 0.1) is 10.1 Å². The van der Waals surface area contributed by atoms with Crippen LogP contribution in [0.4, 0.5) is 11.5 Å². The summed E-state index contributed by atoms with van der Waals surface area (Å²) in [6.45, 7) is 5.23. The number of sulfone groups is 1. The minimum absolute atomic E-state index is 0.0239. The SMILES string of the molecule is CCNc1nc(S(=O)(=O)C(C)C)ccc1[N+](=O)[O-]. The predicted molar refractivity (Wildman–Crippen MR) is 67.4 cm³/mol. The molecule has 0 aliphatic heterocycles. The van der Waals surface area contributed by atoms with Gasteiger partial charge in [0.15, 0.2) is 14.9 Å². The zero-order valence-corrected chi connectivity index (χ0v) is 11.2. The maximum Gasteiger partial charge on any atom is 0.311 e. The molecule has 0 fully saturated rings. The molecule has 100 valence electrons. The predicted octanol–water partition coefficient (Wildman–Crippen LogP) is 1.60. The Kier molecular flexibility index (Phi) is 4.23. The zero-order chi connectivity index (χ0) is 13.9. The maximum absolute atomic E-state index is 11.9. The standard InChI is InChI=1S/C10H15N3O4S/c1-4-11-10-8(13(14)15)5-6-9(12-10)18(16,17)7(2)3/h5-7H,4H2,1-3H3,(H,11,12). The molecule has 18 heavy (non-hydrogen) atoms. The van der Waals surface area contributed by atoms with E-state index in [0.717, 1.165) is 12.1 Å². The third-order valence-electron chi connectivity index (χ3n) is 2.30. The van der Waals surface area contributed by atoms with Crippen LogP contribution in [0.5, 0.6) is 0 Å². The molecule has 0 radical (unpaired) electrons. The highest BCUT2D eigenvalue weighted by Crippen LogP contribution is 2.25. The van der Waals surface area contributed by atoms with E-state index in [0.29, 0.717) is 6.54 Å². The van der Waals surface area contributed by atoms with Crippen molar-refractivity contribution in [1.29, 1.82) is 0 Å². The van der Waals surface area contributed by atoms with Gasteiger partial charge >= 0.3 is 5.69 Å². The van der Waals surface area contributed by atoms with Gasteiger partial charge in [0, 0.05) is 12.6 Å². The van der Waals surface area contributed by atoms with Crippen molar-refractivity contribution in [1.82, 2.24) is 4.98 Å². The fourth-order valence-corrected chi connectivity index (χ4v) is 2.24. The average Bonchev–Trinajstić information content (AvgIpc) is 2.28. The van der Waals surface area contributed by atoms with E-state index in [9.17, 15) is 18.5 Å². The lowest BCUT2D eigenvalue weighted by molar-refractivity contribution is -0.384. The molecule has 7 nitrogen and oxygen atoms in total. The molecule has 0 aromatic carbocycles. The Morgan fingerprint density at radius 2 is 2.06 bits per heavy atom. The first kappa shape index (κ1) is 14.4. The van der Waals surface area contributed by atoms with Crippen LogP contribution in [0.3, 0.4) is 0 Å². The molecule has 0 aliphatic carbocycles. The van der Waals surface area contributed by atoms with E-state index in [-0.39, 0.29) is 16.5 Å². The molecule has 1 aromatic rings. The molecule has 0 spiro atoms.